The van der Waals surface area contributed by atoms with Crippen molar-refractivity contribution in [3.05, 3.63) is 45.8 Å². The Labute approximate surface area is 211 Å². The second-order valence-electron chi connectivity index (χ2n) is 8.49. The molecule has 1 N–H and O–H groups in total. The van der Waals surface area contributed by atoms with E-state index in [1.165, 1.54) is 22.4 Å². The molecule has 2 aromatic heterocycles. The summed E-state index contributed by atoms with van der Waals surface area (Å²) >= 11 is 4.30. The number of likely N-dealkylation sites (N-methyl/N-ethyl adjacent to an activating group) is 1. The van der Waals surface area contributed by atoms with E-state index in [9.17, 15) is 4.79 Å². The lowest BCUT2D eigenvalue weighted by Gasteiger charge is -2.22. The normalized spacial score (nSPS) is 18.3. The molecule has 0 fully saturated rings. The van der Waals surface area contributed by atoms with E-state index in [4.69, 9.17) is 10.1 Å². The molecule has 2 aliphatic carbocycles. The van der Waals surface area contributed by atoms with Gasteiger partial charge in [0.25, 0.3) is 0 Å². The summed E-state index contributed by atoms with van der Waals surface area (Å²) in [6.45, 7) is 4.01. The molecule has 0 bridgehead atoms. The summed E-state index contributed by atoms with van der Waals surface area (Å²) in [4.78, 5) is 19.3. The van der Waals surface area contributed by atoms with Crippen LogP contribution in [0.1, 0.15) is 48.2 Å². The Balaban J connectivity index is 1.83. The molecule has 0 saturated heterocycles. The second-order valence-corrected chi connectivity index (χ2v) is 10.2. The molecule has 0 spiro atoms. The predicted octanol–water partition coefficient (Wildman–Crippen LogP) is 4.49. The third kappa shape index (κ3) is 4.57. The summed E-state index contributed by atoms with van der Waals surface area (Å²) in [5, 5.41) is 8.74. The lowest BCUT2D eigenvalue weighted by molar-refractivity contribution is -0.106. The standard InChI is InChI=1S/C23H29I2N5O/c1-4-18-20(16-9-8-14(21(25)31)12-15(16)13-24)23-27-19-7-5-6-17(19)22(30(23)28-18)26-10-11-29(2)3/h8,12,16,26H,4-7,9-11,13H2,1-3H3. The molecule has 2 aromatic rings. The molecule has 2 heterocycles. The first kappa shape index (κ1) is 23.2. The molecule has 8 heteroatoms. The Kier molecular flexibility index (Phi) is 7.37. The summed E-state index contributed by atoms with van der Waals surface area (Å²) in [6, 6.07) is 0. The second kappa shape index (κ2) is 9.86. The maximum atomic E-state index is 11.9. The molecule has 6 nitrogen and oxygen atoms in total. The molecule has 0 saturated carbocycles. The molecule has 166 valence electrons. The van der Waals surface area contributed by atoms with Crippen LogP contribution in [-0.4, -0.2) is 54.9 Å². The number of fused-ring (bicyclic) bond motifs is 2. The van der Waals surface area contributed by atoms with E-state index in [0.29, 0.717) is 0 Å². The van der Waals surface area contributed by atoms with Crippen LogP contribution in [0.25, 0.3) is 5.65 Å². The van der Waals surface area contributed by atoms with E-state index >= 15 is 0 Å². The Morgan fingerprint density at radius 3 is 2.84 bits per heavy atom. The number of anilines is 1. The number of aryl methyl sites for hydroxylation is 2. The van der Waals surface area contributed by atoms with Gasteiger partial charge in [-0.05, 0) is 46.2 Å². The first-order valence-corrected chi connectivity index (χ1v) is 13.5. The molecule has 0 amide bonds. The molecule has 0 aromatic carbocycles. The Morgan fingerprint density at radius 2 is 2.16 bits per heavy atom. The lowest BCUT2D eigenvalue weighted by atomic mass is 9.83. The number of alkyl halides is 1. The molecule has 1 atom stereocenters. The molecule has 0 radical (unpaired) electrons. The number of nitrogens with one attached hydrogen (secondary N) is 1. The molecule has 0 aliphatic heterocycles. The predicted molar refractivity (Wildman–Crippen MR) is 143 cm³/mol. The highest BCUT2D eigenvalue weighted by Gasteiger charge is 2.30. The number of carbonyl (C=O) groups is 1. The summed E-state index contributed by atoms with van der Waals surface area (Å²) in [5.74, 6) is 1.35. The van der Waals surface area contributed by atoms with Crippen molar-refractivity contribution in [2.45, 2.75) is 44.9 Å². The van der Waals surface area contributed by atoms with Gasteiger partial charge in [0.15, 0.2) is 5.65 Å². The van der Waals surface area contributed by atoms with E-state index in [1.807, 2.05) is 22.6 Å². The van der Waals surface area contributed by atoms with Crippen molar-refractivity contribution < 1.29 is 4.79 Å². The average Bonchev–Trinajstić information content (AvgIpc) is 3.36. The lowest BCUT2D eigenvalue weighted by Crippen LogP contribution is -2.22. The van der Waals surface area contributed by atoms with Gasteiger partial charge in [-0.2, -0.15) is 9.61 Å². The van der Waals surface area contributed by atoms with Crippen molar-refractivity contribution in [2.24, 2.45) is 0 Å². The number of allylic oxidation sites excluding steroid dienone is 4. The van der Waals surface area contributed by atoms with Gasteiger partial charge in [0, 0.05) is 68.4 Å². The van der Waals surface area contributed by atoms with E-state index < -0.39 is 0 Å². The Morgan fingerprint density at radius 1 is 1.35 bits per heavy atom. The van der Waals surface area contributed by atoms with E-state index in [0.717, 1.165) is 72.4 Å². The van der Waals surface area contributed by atoms with Crippen molar-refractivity contribution in [1.82, 2.24) is 19.5 Å². The van der Waals surface area contributed by atoms with Gasteiger partial charge in [0.1, 0.15) is 5.82 Å². The maximum absolute atomic E-state index is 11.9. The molecule has 31 heavy (non-hydrogen) atoms. The zero-order chi connectivity index (χ0) is 22.1. The highest BCUT2D eigenvalue weighted by Crippen LogP contribution is 2.40. The van der Waals surface area contributed by atoms with Crippen molar-refractivity contribution in [3.63, 3.8) is 0 Å². The van der Waals surface area contributed by atoms with Crippen LogP contribution in [0.5, 0.6) is 0 Å². The number of carbonyl (C=O) groups excluding carboxylic acids is 1. The van der Waals surface area contributed by atoms with E-state index in [1.54, 1.807) is 0 Å². The van der Waals surface area contributed by atoms with Crippen LogP contribution in [0, 0.1) is 0 Å². The summed E-state index contributed by atoms with van der Waals surface area (Å²) in [7, 11) is 4.19. The van der Waals surface area contributed by atoms with Gasteiger partial charge in [-0.25, -0.2) is 4.98 Å². The third-order valence-corrected chi connectivity index (χ3v) is 7.68. The van der Waals surface area contributed by atoms with Crippen LogP contribution in [-0.2, 0) is 24.1 Å². The first-order valence-electron chi connectivity index (χ1n) is 10.9. The van der Waals surface area contributed by atoms with Crippen molar-refractivity contribution in [1.29, 1.82) is 0 Å². The SMILES string of the molecule is CCc1nn2c(NCCN(C)C)c3c(nc2c1C1CC=C(C(=O)I)C=C1CI)CCC3. The molecular formula is C23H29I2N5O. The zero-order valence-electron chi connectivity index (χ0n) is 18.3. The van der Waals surface area contributed by atoms with E-state index in [-0.39, 0.29) is 9.71 Å². The fraction of sp³-hybridized carbons (Fsp3) is 0.522. The van der Waals surface area contributed by atoms with Gasteiger partial charge in [0.05, 0.1) is 5.69 Å². The fourth-order valence-corrected chi connectivity index (χ4v) is 5.74. The van der Waals surface area contributed by atoms with Gasteiger partial charge in [-0.3, -0.25) is 4.79 Å². The monoisotopic (exact) mass is 645 g/mol. The smallest absolute Gasteiger partial charge is 0.222 e. The number of halogens is 2. The molecule has 2 aliphatic rings. The van der Waals surface area contributed by atoms with Crippen LogP contribution >= 0.6 is 45.2 Å². The summed E-state index contributed by atoms with van der Waals surface area (Å²) < 4.78 is 3.07. The first-order chi connectivity index (χ1) is 14.9. The zero-order valence-corrected chi connectivity index (χ0v) is 22.7. The minimum Gasteiger partial charge on any atom is -0.368 e. The van der Waals surface area contributed by atoms with Crippen molar-refractivity contribution in [3.8, 4) is 0 Å². The van der Waals surface area contributed by atoms with Gasteiger partial charge < -0.3 is 10.2 Å². The summed E-state index contributed by atoms with van der Waals surface area (Å²) in [6.07, 6.45) is 9.12. The van der Waals surface area contributed by atoms with Crippen LogP contribution in [0.4, 0.5) is 5.82 Å². The van der Waals surface area contributed by atoms with Crippen LogP contribution in [0.15, 0.2) is 23.3 Å². The minimum atomic E-state index is 0.109. The average molecular weight is 645 g/mol. The van der Waals surface area contributed by atoms with Crippen molar-refractivity contribution in [2.75, 3.05) is 36.9 Å². The van der Waals surface area contributed by atoms with Gasteiger partial charge in [0.2, 0.25) is 3.79 Å². The van der Waals surface area contributed by atoms with E-state index in [2.05, 4.69) is 70.5 Å². The van der Waals surface area contributed by atoms with Crippen LogP contribution in [0.2, 0.25) is 0 Å². The topological polar surface area (TPSA) is 62.5 Å². The molecule has 4 rings (SSSR count). The highest BCUT2D eigenvalue weighted by atomic mass is 127. The quantitative estimate of drug-likeness (QED) is 0.261. The Hall–Kier alpha value is -1.01. The Bertz CT molecular complexity index is 1070. The number of hydrogen-bond acceptors (Lipinski definition) is 5. The maximum Gasteiger partial charge on any atom is 0.222 e. The number of nitrogens with zero attached hydrogens (tertiary/aromatic N) is 4. The van der Waals surface area contributed by atoms with Gasteiger partial charge in [-0.15, -0.1) is 0 Å². The summed E-state index contributed by atoms with van der Waals surface area (Å²) in [5.41, 5.74) is 8.00. The number of aromatic nitrogens is 3. The van der Waals surface area contributed by atoms with Gasteiger partial charge >= 0.3 is 0 Å². The number of rotatable bonds is 8. The third-order valence-electron chi connectivity index (χ3n) is 6.18. The van der Waals surface area contributed by atoms with Crippen LogP contribution < -0.4 is 5.32 Å². The molecule has 1 unspecified atom stereocenters. The highest BCUT2D eigenvalue weighted by molar-refractivity contribution is 14.1. The molecular weight excluding hydrogens is 616 g/mol. The van der Waals surface area contributed by atoms with Crippen LogP contribution in [0.3, 0.4) is 0 Å². The minimum absolute atomic E-state index is 0.109. The van der Waals surface area contributed by atoms with Gasteiger partial charge in [-0.1, -0.05) is 47.2 Å². The van der Waals surface area contributed by atoms with Crippen molar-refractivity contribution >= 4 is 60.4 Å². The number of hydrogen-bond donors (Lipinski definition) is 1. The fourth-order valence-electron chi connectivity index (χ4n) is 4.62. The largest absolute Gasteiger partial charge is 0.368 e.